The summed E-state index contributed by atoms with van der Waals surface area (Å²) in [6, 6.07) is 2.16. The summed E-state index contributed by atoms with van der Waals surface area (Å²) < 4.78 is 0. The van der Waals surface area contributed by atoms with Crippen LogP contribution in [-0.4, -0.2) is 40.7 Å². The van der Waals surface area contributed by atoms with Gasteiger partial charge in [-0.2, -0.15) is 0 Å². The number of fused-ring (bicyclic) bond motifs is 1. The lowest BCUT2D eigenvalue weighted by atomic mass is 9.61. The average molecular weight is 319 g/mol. The number of aliphatic hydroxyl groups excluding tert-OH is 1. The number of nitrogens with zero attached hydrogens (tertiary/aromatic N) is 2. The van der Waals surface area contributed by atoms with Crippen molar-refractivity contribution in [2.75, 3.05) is 19.6 Å². The van der Waals surface area contributed by atoms with Gasteiger partial charge in [-0.05, 0) is 69.2 Å². The van der Waals surface area contributed by atoms with Crippen LogP contribution in [0.1, 0.15) is 42.5 Å². The molecule has 1 aromatic rings. The van der Waals surface area contributed by atoms with Crippen LogP contribution in [0.3, 0.4) is 0 Å². The summed E-state index contributed by atoms with van der Waals surface area (Å²) in [4.78, 5) is 6.91. The van der Waals surface area contributed by atoms with Crippen LogP contribution in [-0.2, 0) is 6.42 Å². The molecule has 1 saturated heterocycles. The number of aryl methyl sites for hydroxylation is 1. The van der Waals surface area contributed by atoms with E-state index in [1.54, 1.807) is 0 Å². The van der Waals surface area contributed by atoms with Gasteiger partial charge in [-0.1, -0.05) is 23.3 Å². The van der Waals surface area contributed by atoms with E-state index < -0.39 is 0 Å². The van der Waals surface area contributed by atoms with Crippen molar-refractivity contribution in [3.8, 4) is 0 Å². The molecule has 0 bridgehead atoms. The Kier molecular flexibility index (Phi) is 3.55. The third-order valence-electron chi connectivity index (χ3n) is 5.67. The van der Waals surface area contributed by atoms with E-state index in [9.17, 15) is 5.11 Å². The van der Waals surface area contributed by atoms with Gasteiger partial charge in [0.25, 0.3) is 0 Å². The second-order valence-electron chi connectivity index (χ2n) is 7.44. The first-order valence-electron chi connectivity index (χ1n) is 8.29. The maximum Gasteiger partial charge on any atom is 0.136 e. The zero-order valence-electron chi connectivity index (χ0n) is 13.1. The summed E-state index contributed by atoms with van der Waals surface area (Å²) in [5.41, 5.74) is 5.37. The van der Waals surface area contributed by atoms with Gasteiger partial charge in [-0.3, -0.25) is 4.90 Å². The Balaban J connectivity index is 1.38. The van der Waals surface area contributed by atoms with Crippen LogP contribution >= 0.6 is 11.6 Å². The van der Waals surface area contributed by atoms with Crippen LogP contribution in [0, 0.1) is 12.3 Å². The Morgan fingerprint density at radius 2 is 2.09 bits per heavy atom. The molecule has 1 aliphatic heterocycles. The molecule has 1 spiro atoms. The molecule has 0 atom stereocenters. The molecule has 1 N–H and O–H groups in total. The predicted molar refractivity (Wildman–Crippen MR) is 89.0 cm³/mol. The number of hydrogen-bond acceptors (Lipinski definition) is 3. The molecule has 4 rings (SSSR count). The quantitative estimate of drug-likeness (QED) is 0.851. The molecular formula is C18H23ClN2O. The highest BCUT2D eigenvalue weighted by Gasteiger charge is 2.44. The molecule has 0 aromatic carbocycles. The largest absolute Gasteiger partial charge is 0.393 e. The molecule has 2 fully saturated rings. The van der Waals surface area contributed by atoms with E-state index in [0.29, 0.717) is 10.6 Å². The number of pyridine rings is 1. The minimum atomic E-state index is -0.0310. The van der Waals surface area contributed by atoms with Crippen LogP contribution in [0.4, 0.5) is 0 Å². The van der Waals surface area contributed by atoms with Gasteiger partial charge in [0.15, 0.2) is 0 Å². The number of hydrogen-bond donors (Lipinski definition) is 1. The van der Waals surface area contributed by atoms with Crippen LogP contribution < -0.4 is 0 Å². The van der Waals surface area contributed by atoms with Crippen LogP contribution in [0.2, 0.25) is 5.15 Å². The van der Waals surface area contributed by atoms with Crippen molar-refractivity contribution in [3.63, 3.8) is 0 Å². The van der Waals surface area contributed by atoms with Crippen LogP contribution in [0.25, 0.3) is 6.08 Å². The minimum Gasteiger partial charge on any atom is -0.393 e. The van der Waals surface area contributed by atoms with E-state index in [1.165, 1.54) is 24.0 Å². The van der Waals surface area contributed by atoms with Gasteiger partial charge in [0, 0.05) is 17.8 Å². The van der Waals surface area contributed by atoms with E-state index in [0.717, 1.165) is 50.2 Å². The van der Waals surface area contributed by atoms with Crippen LogP contribution in [0.5, 0.6) is 0 Å². The van der Waals surface area contributed by atoms with Crippen LogP contribution in [0.15, 0.2) is 11.6 Å². The summed E-state index contributed by atoms with van der Waals surface area (Å²) in [5, 5.41) is 10.2. The number of halogens is 1. The van der Waals surface area contributed by atoms with Crippen molar-refractivity contribution in [2.45, 2.75) is 45.1 Å². The number of aromatic nitrogens is 1. The molecule has 118 valence electrons. The van der Waals surface area contributed by atoms with Gasteiger partial charge in [0.05, 0.1) is 6.10 Å². The first kappa shape index (κ1) is 14.7. The third-order valence-corrected chi connectivity index (χ3v) is 5.96. The monoisotopic (exact) mass is 318 g/mol. The van der Waals surface area contributed by atoms with E-state index >= 15 is 0 Å². The summed E-state index contributed by atoms with van der Waals surface area (Å²) in [6.07, 6.45) is 7.75. The van der Waals surface area contributed by atoms with Gasteiger partial charge >= 0.3 is 0 Å². The maximum atomic E-state index is 9.57. The average Bonchev–Trinajstić information content (AvgIpc) is 2.82. The standard InChI is InChI=1S/C18H23ClN2O/c1-12-6-14-7-13(8-16(14)17(19)20-12)11-21-4-2-18(3-5-21)9-15(22)10-18/h6,8,15,22H,2-5,7,9-11H2,1H3. The lowest BCUT2D eigenvalue weighted by molar-refractivity contribution is -0.0668. The second kappa shape index (κ2) is 5.33. The number of aliphatic hydroxyl groups is 1. The lowest BCUT2D eigenvalue weighted by Gasteiger charge is -2.50. The Labute approximate surface area is 137 Å². The Bertz CT molecular complexity index is 624. The van der Waals surface area contributed by atoms with Crippen molar-refractivity contribution in [2.24, 2.45) is 5.41 Å². The van der Waals surface area contributed by atoms with E-state index in [1.807, 2.05) is 6.92 Å². The maximum absolute atomic E-state index is 9.57. The SMILES string of the molecule is Cc1cc2c(c(Cl)n1)C=C(CN1CCC3(CC1)CC(O)C3)C2. The van der Waals surface area contributed by atoms with E-state index in [2.05, 4.69) is 22.0 Å². The molecular weight excluding hydrogens is 296 g/mol. The molecule has 3 nitrogen and oxygen atoms in total. The van der Waals surface area contributed by atoms with Crippen molar-refractivity contribution in [1.82, 2.24) is 9.88 Å². The predicted octanol–water partition coefficient (Wildman–Crippen LogP) is 3.22. The second-order valence-corrected chi connectivity index (χ2v) is 7.80. The van der Waals surface area contributed by atoms with Gasteiger partial charge in [-0.15, -0.1) is 0 Å². The molecule has 3 aliphatic rings. The summed E-state index contributed by atoms with van der Waals surface area (Å²) in [5.74, 6) is 0. The molecule has 2 aliphatic carbocycles. The molecule has 2 heterocycles. The van der Waals surface area contributed by atoms with E-state index in [4.69, 9.17) is 11.6 Å². The summed E-state index contributed by atoms with van der Waals surface area (Å²) in [6.45, 7) is 5.36. The van der Waals surface area contributed by atoms with Crippen molar-refractivity contribution in [1.29, 1.82) is 0 Å². The highest BCUT2D eigenvalue weighted by Crippen LogP contribution is 2.49. The van der Waals surface area contributed by atoms with Crippen molar-refractivity contribution >= 4 is 17.7 Å². The Morgan fingerprint density at radius 1 is 1.36 bits per heavy atom. The normalized spacial score (nSPS) is 24.2. The zero-order chi connectivity index (χ0) is 15.3. The smallest absolute Gasteiger partial charge is 0.136 e. The number of likely N-dealkylation sites (tertiary alicyclic amines) is 1. The molecule has 22 heavy (non-hydrogen) atoms. The van der Waals surface area contributed by atoms with Gasteiger partial charge < -0.3 is 5.11 Å². The summed E-state index contributed by atoms with van der Waals surface area (Å²) in [7, 11) is 0. The fourth-order valence-electron chi connectivity index (χ4n) is 4.43. The van der Waals surface area contributed by atoms with Gasteiger partial charge in [-0.25, -0.2) is 4.98 Å². The summed E-state index contributed by atoms with van der Waals surface area (Å²) >= 11 is 6.27. The zero-order valence-corrected chi connectivity index (χ0v) is 13.9. The topological polar surface area (TPSA) is 36.4 Å². The van der Waals surface area contributed by atoms with Crippen molar-refractivity contribution < 1.29 is 5.11 Å². The fourth-order valence-corrected chi connectivity index (χ4v) is 4.74. The molecule has 4 heteroatoms. The first-order valence-corrected chi connectivity index (χ1v) is 8.67. The number of rotatable bonds is 2. The highest BCUT2D eigenvalue weighted by molar-refractivity contribution is 6.31. The highest BCUT2D eigenvalue weighted by atomic mass is 35.5. The number of piperidine rings is 1. The Hall–Kier alpha value is -0.900. The van der Waals surface area contributed by atoms with Gasteiger partial charge in [0.2, 0.25) is 0 Å². The fraction of sp³-hybridized carbons (Fsp3) is 0.611. The molecule has 0 radical (unpaired) electrons. The third kappa shape index (κ3) is 2.60. The first-order chi connectivity index (χ1) is 10.5. The van der Waals surface area contributed by atoms with Gasteiger partial charge in [0.1, 0.15) is 5.15 Å². The molecule has 0 unspecified atom stereocenters. The molecule has 0 amide bonds. The molecule has 1 aromatic heterocycles. The van der Waals surface area contributed by atoms with Crippen molar-refractivity contribution in [3.05, 3.63) is 33.6 Å². The molecule has 1 saturated carbocycles. The van der Waals surface area contributed by atoms with E-state index in [-0.39, 0.29) is 6.10 Å². The minimum absolute atomic E-state index is 0.0310. The Morgan fingerprint density at radius 3 is 2.77 bits per heavy atom. The lowest BCUT2D eigenvalue weighted by Crippen LogP contribution is -2.49.